The molecule has 1 saturated carbocycles. The summed E-state index contributed by atoms with van der Waals surface area (Å²) in [5, 5.41) is 16.4. The van der Waals surface area contributed by atoms with Crippen LogP contribution in [0.5, 0.6) is 11.5 Å². The number of sulfonamides is 1. The molecule has 1 unspecified atom stereocenters. The van der Waals surface area contributed by atoms with E-state index in [0.29, 0.717) is 62.0 Å². The normalized spacial score (nSPS) is 20.0. The number of nitrogens with zero attached hydrogens (tertiary/aromatic N) is 4. The van der Waals surface area contributed by atoms with Crippen molar-refractivity contribution in [3.63, 3.8) is 0 Å². The summed E-state index contributed by atoms with van der Waals surface area (Å²) >= 11 is 6.31. The van der Waals surface area contributed by atoms with Gasteiger partial charge < -0.3 is 24.7 Å². The lowest BCUT2D eigenvalue weighted by atomic mass is 9.63. The largest absolute Gasteiger partial charge is 0.455 e. The zero-order valence-electron chi connectivity index (χ0n) is 36.7. The number of nitro benzene ring substituents is 1. The molecule has 3 N–H and O–H groups in total. The molecular formula is C48H53ClFN7O7S. The number of ether oxygens (including phenoxy) is 2. The minimum absolute atomic E-state index is 0.0594. The number of amides is 1. The van der Waals surface area contributed by atoms with Crippen molar-refractivity contribution in [3.8, 4) is 11.5 Å². The Morgan fingerprint density at radius 1 is 1.06 bits per heavy atom. The number of nitro groups is 1. The Balaban J connectivity index is 0.959. The maximum absolute atomic E-state index is 15.6. The van der Waals surface area contributed by atoms with Gasteiger partial charge in [0.25, 0.3) is 21.6 Å². The van der Waals surface area contributed by atoms with Gasteiger partial charge in [-0.2, -0.15) is 0 Å². The first-order valence-corrected chi connectivity index (χ1v) is 24.0. The summed E-state index contributed by atoms with van der Waals surface area (Å²) in [6, 6.07) is 18.3. The molecular weight excluding hydrogens is 873 g/mol. The topological polar surface area (TPSA) is 172 Å². The molecule has 2 aromatic heterocycles. The summed E-state index contributed by atoms with van der Waals surface area (Å²) in [5.74, 6) is -1.74. The Bertz CT molecular complexity index is 2790. The number of hydrogen-bond donors (Lipinski definition) is 3. The lowest BCUT2D eigenvalue weighted by molar-refractivity contribution is -0.384. The van der Waals surface area contributed by atoms with Crippen LogP contribution < -0.4 is 19.7 Å². The molecule has 2 aliphatic carbocycles. The highest BCUT2D eigenvalue weighted by Gasteiger charge is 2.56. The third-order valence-corrected chi connectivity index (χ3v) is 15.7. The standard InChI is InChI=1S/C48H53ClFN7O7S/c1-30-28-56(17-16-55(30)29-34-24-48(13-14-48)47(2,3)25-40(34)32-4-6-35(49)7-5-32)36-8-9-39(43(21-36)64-37-20-33-10-15-51-45(33)53-27-37)46(58)54-65(61,62)38-22-41(50)44(42(23-38)57(59)60)52-26-31-11-18-63-19-12-31/h4-10,15,20-23,27,30-31,52H,11-14,16-19,24-26,28-29H2,1-3H3,(H,51,53)(H,54,58). The van der Waals surface area contributed by atoms with E-state index in [2.05, 4.69) is 58.0 Å². The first kappa shape index (κ1) is 44.6. The van der Waals surface area contributed by atoms with Gasteiger partial charge in [-0.1, -0.05) is 43.2 Å². The van der Waals surface area contributed by atoms with E-state index in [9.17, 15) is 23.3 Å². The summed E-state index contributed by atoms with van der Waals surface area (Å²) in [6.45, 7) is 11.4. The molecule has 3 fully saturated rings. The van der Waals surface area contributed by atoms with Gasteiger partial charge in [0.1, 0.15) is 22.8 Å². The number of piperazine rings is 1. The van der Waals surface area contributed by atoms with Crippen molar-refractivity contribution in [2.45, 2.75) is 70.2 Å². The third-order valence-electron chi connectivity index (χ3n) is 14.1. The van der Waals surface area contributed by atoms with E-state index < -0.39 is 42.9 Å². The van der Waals surface area contributed by atoms with Gasteiger partial charge in [-0.15, -0.1) is 0 Å². The Morgan fingerprint density at radius 2 is 1.83 bits per heavy atom. The van der Waals surface area contributed by atoms with E-state index in [-0.39, 0.29) is 35.2 Å². The lowest BCUT2D eigenvalue weighted by Crippen LogP contribution is -2.52. The lowest BCUT2D eigenvalue weighted by Gasteiger charge is -2.45. The third kappa shape index (κ3) is 9.31. The second-order valence-corrected chi connectivity index (χ2v) is 20.8. The molecule has 65 heavy (non-hydrogen) atoms. The van der Waals surface area contributed by atoms with Crippen LogP contribution >= 0.6 is 11.6 Å². The highest BCUT2D eigenvalue weighted by molar-refractivity contribution is 7.90. The summed E-state index contributed by atoms with van der Waals surface area (Å²) in [6.07, 6.45) is 9.24. The molecule has 0 radical (unpaired) electrons. The van der Waals surface area contributed by atoms with Gasteiger partial charge in [-0.3, -0.25) is 19.8 Å². The molecule has 1 amide bonds. The molecule has 17 heteroatoms. The molecule has 9 rings (SSSR count). The number of aromatic nitrogens is 2. The smallest absolute Gasteiger partial charge is 0.296 e. The van der Waals surface area contributed by atoms with Crippen LogP contribution in [0.3, 0.4) is 0 Å². The van der Waals surface area contributed by atoms with Gasteiger partial charge in [0.2, 0.25) is 0 Å². The second kappa shape index (κ2) is 17.7. The Hall–Kier alpha value is -5.55. The van der Waals surface area contributed by atoms with Gasteiger partial charge in [0.15, 0.2) is 5.82 Å². The van der Waals surface area contributed by atoms with Gasteiger partial charge in [0.05, 0.1) is 21.6 Å². The molecule has 1 atom stereocenters. The van der Waals surface area contributed by atoms with Crippen LogP contribution in [0.25, 0.3) is 16.6 Å². The molecule has 2 aliphatic heterocycles. The summed E-state index contributed by atoms with van der Waals surface area (Å²) < 4.78 is 56.7. The number of anilines is 2. The number of carbonyl (C=O) groups excluding carboxylic acids is 1. The predicted octanol–water partition coefficient (Wildman–Crippen LogP) is 9.58. The fraction of sp³-hybridized carbons (Fsp3) is 0.417. The maximum Gasteiger partial charge on any atom is 0.296 e. The number of carbonyl (C=O) groups is 1. The number of H-pyrrole nitrogens is 1. The number of nitrogens with one attached hydrogen (secondary N) is 3. The van der Waals surface area contributed by atoms with Crippen LogP contribution in [0.15, 0.2) is 89.6 Å². The predicted molar refractivity (Wildman–Crippen MR) is 249 cm³/mol. The SMILES string of the molecule is CC1CN(c2ccc(C(=O)NS(=O)(=O)c3cc(F)c(NCC4CCOCC4)c([N+](=O)[O-])c3)c(Oc3cnc4[nH]ccc4c3)c2)CCN1CC1=C(c2ccc(Cl)cc2)CC(C)(C)C2(CC2)C1. The zero-order valence-corrected chi connectivity index (χ0v) is 38.2. The van der Waals surface area contributed by atoms with Gasteiger partial charge in [-0.25, -0.2) is 22.5 Å². The van der Waals surface area contributed by atoms with Gasteiger partial charge >= 0.3 is 0 Å². The van der Waals surface area contributed by atoms with Crippen LogP contribution in [0.4, 0.5) is 21.5 Å². The molecule has 4 heterocycles. The molecule has 0 bridgehead atoms. The van der Waals surface area contributed by atoms with Crippen molar-refractivity contribution in [2.75, 3.05) is 56.2 Å². The van der Waals surface area contributed by atoms with Crippen LogP contribution in [-0.4, -0.2) is 86.1 Å². The summed E-state index contributed by atoms with van der Waals surface area (Å²) in [5.41, 5.74) is 4.77. The number of halogens is 2. The number of benzene rings is 3. The Labute approximate surface area is 382 Å². The van der Waals surface area contributed by atoms with E-state index in [0.717, 1.165) is 48.1 Å². The Kier molecular flexibility index (Phi) is 12.1. The molecule has 3 aromatic carbocycles. The quantitative estimate of drug-likeness (QED) is 0.0759. The monoisotopic (exact) mass is 925 g/mol. The van der Waals surface area contributed by atoms with Crippen molar-refractivity contribution >= 4 is 61.2 Å². The minimum Gasteiger partial charge on any atom is -0.455 e. The number of fused-ring (bicyclic) bond motifs is 1. The number of hydrogen-bond acceptors (Lipinski definition) is 11. The average Bonchev–Trinajstić information content (AvgIpc) is 3.92. The van der Waals surface area contributed by atoms with Crippen LogP contribution in [-0.2, 0) is 14.8 Å². The highest BCUT2D eigenvalue weighted by Crippen LogP contribution is 2.67. The number of pyridine rings is 1. The minimum atomic E-state index is -4.83. The van der Waals surface area contributed by atoms with Crippen LogP contribution in [0.1, 0.15) is 75.2 Å². The van der Waals surface area contributed by atoms with E-state index in [4.69, 9.17) is 21.1 Å². The van der Waals surface area contributed by atoms with Crippen molar-refractivity contribution in [3.05, 3.63) is 117 Å². The molecule has 2 saturated heterocycles. The van der Waals surface area contributed by atoms with Crippen LogP contribution in [0.2, 0.25) is 5.02 Å². The first-order valence-electron chi connectivity index (χ1n) is 22.2. The summed E-state index contributed by atoms with van der Waals surface area (Å²) in [4.78, 5) is 36.7. The Morgan fingerprint density at radius 3 is 2.55 bits per heavy atom. The van der Waals surface area contributed by atoms with E-state index in [1.165, 1.54) is 41.8 Å². The zero-order chi connectivity index (χ0) is 45.7. The highest BCUT2D eigenvalue weighted by atomic mass is 35.5. The summed E-state index contributed by atoms with van der Waals surface area (Å²) in [7, 11) is -4.83. The van der Waals surface area contributed by atoms with Crippen molar-refractivity contribution in [1.82, 2.24) is 19.6 Å². The van der Waals surface area contributed by atoms with Crippen molar-refractivity contribution in [1.29, 1.82) is 0 Å². The molecule has 1 spiro atoms. The fourth-order valence-electron chi connectivity index (χ4n) is 9.89. The number of rotatable bonds is 13. The first-order chi connectivity index (χ1) is 31.1. The maximum atomic E-state index is 15.6. The number of aromatic amines is 1. The molecule has 4 aliphatic rings. The van der Waals surface area contributed by atoms with Gasteiger partial charge in [0, 0.05) is 86.4 Å². The van der Waals surface area contributed by atoms with Crippen molar-refractivity contribution in [2.24, 2.45) is 16.7 Å². The van der Waals surface area contributed by atoms with E-state index in [1.807, 2.05) is 22.9 Å². The van der Waals surface area contributed by atoms with Crippen molar-refractivity contribution < 1.29 is 32.0 Å². The van der Waals surface area contributed by atoms with Crippen LogP contribution in [0, 0.1) is 32.7 Å². The second-order valence-electron chi connectivity index (χ2n) is 18.7. The van der Waals surface area contributed by atoms with Gasteiger partial charge in [-0.05, 0) is 116 Å². The molecule has 14 nitrogen and oxygen atoms in total. The van der Waals surface area contributed by atoms with E-state index >= 15 is 4.39 Å². The number of allylic oxidation sites excluding steroid dienone is 1. The fourth-order valence-corrected chi connectivity index (χ4v) is 11.0. The molecule has 342 valence electrons. The average molecular weight is 927 g/mol. The van der Waals surface area contributed by atoms with E-state index in [1.54, 1.807) is 24.4 Å². The molecule has 5 aromatic rings.